The van der Waals surface area contributed by atoms with E-state index in [-0.39, 0.29) is 5.91 Å². The van der Waals surface area contributed by atoms with Crippen molar-refractivity contribution in [2.75, 3.05) is 6.61 Å². The first-order valence-corrected chi connectivity index (χ1v) is 8.30. The maximum absolute atomic E-state index is 12.1. The fraction of sp³-hybridized carbons (Fsp3) is 0.529. The highest BCUT2D eigenvalue weighted by Crippen LogP contribution is 2.17. The van der Waals surface area contributed by atoms with Crippen LogP contribution < -0.4 is 15.4 Å². The van der Waals surface area contributed by atoms with Gasteiger partial charge in [-0.1, -0.05) is 26.7 Å². The number of amides is 1. The average molecular weight is 320 g/mol. The van der Waals surface area contributed by atoms with Crippen LogP contribution in [0.3, 0.4) is 0 Å². The number of rotatable bonds is 5. The molecule has 1 aliphatic carbocycles. The van der Waals surface area contributed by atoms with Crippen LogP contribution in [0.5, 0.6) is 5.75 Å². The first-order chi connectivity index (χ1) is 10.5. The van der Waals surface area contributed by atoms with Crippen LogP contribution in [0.15, 0.2) is 24.3 Å². The van der Waals surface area contributed by atoms with E-state index in [1.54, 1.807) is 12.1 Å². The van der Waals surface area contributed by atoms with Gasteiger partial charge in [0.2, 0.25) is 0 Å². The molecule has 0 aromatic heterocycles. The lowest BCUT2D eigenvalue weighted by Crippen LogP contribution is -2.43. The smallest absolute Gasteiger partial charge is 0.257 e. The predicted molar refractivity (Wildman–Crippen MR) is 92.2 cm³/mol. The van der Waals surface area contributed by atoms with Gasteiger partial charge in [0.25, 0.3) is 5.91 Å². The molecular formula is C17H24N2O2S. The van der Waals surface area contributed by atoms with Crippen molar-refractivity contribution < 1.29 is 9.53 Å². The second-order valence-electron chi connectivity index (χ2n) is 6.14. The number of ether oxygens (including phenoxy) is 1. The van der Waals surface area contributed by atoms with Crippen molar-refractivity contribution in [3.05, 3.63) is 29.8 Å². The number of carbonyl (C=O) groups excluding carboxylic acids is 1. The van der Waals surface area contributed by atoms with Crippen molar-refractivity contribution in [2.24, 2.45) is 5.92 Å². The van der Waals surface area contributed by atoms with Gasteiger partial charge in [0.05, 0.1) is 6.61 Å². The molecule has 0 bridgehead atoms. The van der Waals surface area contributed by atoms with Crippen LogP contribution in [0.2, 0.25) is 0 Å². The largest absolute Gasteiger partial charge is 0.493 e. The minimum absolute atomic E-state index is 0.189. The Bertz CT molecular complexity index is 508. The predicted octanol–water partition coefficient (Wildman–Crippen LogP) is 3.27. The zero-order chi connectivity index (χ0) is 15.9. The van der Waals surface area contributed by atoms with Crippen LogP contribution in [-0.2, 0) is 0 Å². The summed E-state index contributed by atoms with van der Waals surface area (Å²) in [7, 11) is 0. The third kappa shape index (κ3) is 5.30. The highest BCUT2D eigenvalue weighted by Gasteiger charge is 2.16. The van der Waals surface area contributed by atoms with E-state index in [0.29, 0.717) is 29.2 Å². The lowest BCUT2D eigenvalue weighted by molar-refractivity contribution is 0.0976. The molecular weight excluding hydrogens is 296 g/mol. The molecule has 1 aliphatic rings. The lowest BCUT2D eigenvalue weighted by Gasteiger charge is -2.15. The Morgan fingerprint density at radius 1 is 1.27 bits per heavy atom. The maximum atomic E-state index is 12.1. The Hall–Kier alpha value is -1.62. The highest BCUT2D eigenvalue weighted by atomic mass is 32.1. The minimum Gasteiger partial charge on any atom is -0.493 e. The molecule has 0 atom stereocenters. The summed E-state index contributed by atoms with van der Waals surface area (Å²) in [6.45, 7) is 4.86. The van der Waals surface area contributed by atoms with Crippen LogP contribution in [0, 0.1) is 5.92 Å². The van der Waals surface area contributed by atoms with Crippen LogP contribution in [0.1, 0.15) is 49.9 Å². The van der Waals surface area contributed by atoms with Gasteiger partial charge in [-0.15, -0.1) is 0 Å². The van der Waals surface area contributed by atoms with Crippen molar-refractivity contribution in [3.8, 4) is 5.75 Å². The third-order valence-corrected chi connectivity index (χ3v) is 3.84. The molecule has 0 aliphatic heterocycles. The number of carbonyl (C=O) groups is 1. The molecule has 0 unspecified atom stereocenters. The molecule has 0 heterocycles. The molecule has 120 valence electrons. The molecule has 2 rings (SSSR count). The molecule has 1 aromatic rings. The average Bonchev–Trinajstić information content (AvgIpc) is 2.98. The fourth-order valence-electron chi connectivity index (χ4n) is 2.43. The molecule has 1 fully saturated rings. The number of nitrogens with one attached hydrogen (secondary N) is 2. The van der Waals surface area contributed by atoms with Crippen molar-refractivity contribution in [2.45, 2.75) is 45.6 Å². The molecule has 1 amide bonds. The SMILES string of the molecule is CC(C)COc1ccc(C(=O)NC(=S)NC2CCCC2)cc1. The van der Waals surface area contributed by atoms with Crippen molar-refractivity contribution in [3.63, 3.8) is 0 Å². The summed E-state index contributed by atoms with van der Waals surface area (Å²) in [6, 6.07) is 7.53. The first kappa shape index (κ1) is 16.7. The molecule has 0 radical (unpaired) electrons. The standard InChI is InChI=1S/C17H24N2O2S/c1-12(2)11-21-15-9-7-13(8-10-15)16(20)19-17(22)18-14-5-3-4-6-14/h7-10,12,14H,3-6,11H2,1-2H3,(H2,18,19,20,22). The van der Waals surface area contributed by atoms with E-state index in [0.717, 1.165) is 18.6 Å². The van der Waals surface area contributed by atoms with Gasteiger partial charge >= 0.3 is 0 Å². The number of hydrogen-bond acceptors (Lipinski definition) is 3. The summed E-state index contributed by atoms with van der Waals surface area (Å²) in [5, 5.41) is 6.35. The van der Waals surface area contributed by atoms with Gasteiger partial charge in [0.15, 0.2) is 5.11 Å². The van der Waals surface area contributed by atoms with Gasteiger partial charge < -0.3 is 10.1 Å². The number of benzene rings is 1. The van der Waals surface area contributed by atoms with E-state index >= 15 is 0 Å². The molecule has 2 N–H and O–H groups in total. The summed E-state index contributed by atoms with van der Waals surface area (Å²) < 4.78 is 5.60. The molecule has 5 heteroatoms. The van der Waals surface area contributed by atoms with Gasteiger partial charge in [0.1, 0.15) is 5.75 Å². The zero-order valence-corrected chi connectivity index (χ0v) is 14.0. The molecule has 1 saturated carbocycles. The van der Waals surface area contributed by atoms with Crippen molar-refractivity contribution in [1.82, 2.24) is 10.6 Å². The second kappa shape index (κ2) is 8.13. The van der Waals surface area contributed by atoms with Crippen LogP contribution in [0.25, 0.3) is 0 Å². The normalized spacial score (nSPS) is 14.9. The zero-order valence-electron chi connectivity index (χ0n) is 13.2. The summed E-state index contributed by atoms with van der Waals surface area (Å²) in [4.78, 5) is 12.1. The van der Waals surface area contributed by atoms with Gasteiger partial charge in [-0.2, -0.15) is 0 Å². The van der Waals surface area contributed by atoms with Crippen molar-refractivity contribution in [1.29, 1.82) is 0 Å². The van der Waals surface area contributed by atoms with Gasteiger partial charge in [-0.25, -0.2) is 0 Å². The monoisotopic (exact) mass is 320 g/mol. The highest BCUT2D eigenvalue weighted by molar-refractivity contribution is 7.80. The second-order valence-corrected chi connectivity index (χ2v) is 6.55. The Balaban J connectivity index is 1.82. The lowest BCUT2D eigenvalue weighted by atomic mass is 10.2. The molecule has 1 aromatic carbocycles. The minimum atomic E-state index is -0.189. The summed E-state index contributed by atoms with van der Waals surface area (Å²) in [6.07, 6.45) is 4.70. The van der Waals surface area contributed by atoms with Gasteiger partial charge in [-0.05, 0) is 55.2 Å². The molecule has 0 saturated heterocycles. The Labute approximate surface area is 137 Å². The Morgan fingerprint density at radius 3 is 2.50 bits per heavy atom. The molecule has 0 spiro atoms. The number of hydrogen-bond donors (Lipinski definition) is 2. The third-order valence-electron chi connectivity index (χ3n) is 3.62. The summed E-state index contributed by atoms with van der Waals surface area (Å²) in [5.74, 6) is 1.06. The van der Waals surface area contributed by atoms with Crippen molar-refractivity contribution >= 4 is 23.2 Å². The summed E-state index contributed by atoms with van der Waals surface area (Å²) in [5.41, 5.74) is 0.576. The van der Waals surface area contributed by atoms with E-state index < -0.39 is 0 Å². The Morgan fingerprint density at radius 2 is 1.91 bits per heavy atom. The number of thiocarbonyl (C=S) groups is 1. The first-order valence-electron chi connectivity index (χ1n) is 7.89. The maximum Gasteiger partial charge on any atom is 0.257 e. The van der Waals surface area contributed by atoms with E-state index in [1.165, 1.54) is 12.8 Å². The van der Waals surface area contributed by atoms with E-state index in [2.05, 4.69) is 24.5 Å². The topological polar surface area (TPSA) is 50.4 Å². The van der Waals surface area contributed by atoms with Gasteiger partial charge in [0, 0.05) is 11.6 Å². The fourth-order valence-corrected chi connectivity index (χ4v) is 2.69. The quantitative estimate of drug-likeness (QED) is 0.818. The van der Waals surface area contributed by atoms with Gasteiger partial charge in [-0.3, -0.25) is 10.1 Å². The van der Waals surface area contributed by atoms with Crippen LogP contribution >= 0.6 is 12.2 Å². The van der Waals surface area contributed by atoms with E-state index in [1.807, 2.05) is 12.1 Å². The van der Waals surface area contributed by atoms with Crippen LogP contribution in [0.4, 0.5) is 0 Å². The Kier molecular flexibility index (Phi) is 6.19. The van der Waals surface area contributed by atoms with E-state index in [9.17, 15) is 4.79 Å². The van der Waals surface area contributed by atoms with Crippen LogP contribution in [-0.4, -0.2) is 23.7 Å². The van der Waals surface area contributed by atoms with E-state index in [4.69, 9.17) is 17.0 Å². The summed E-state index contributed by atoms with van der Waals surface area (Å²) >= 11 is 5.20. The molecule has 4 nitrogen and oxygen atoms in total. The molecule has 22 heavy (non-hydrogen) atoms.